The zero-order chi connectivity index (χ0) is 10.8. The second-order valence-corrected chi connectivity index (χ2v) is 4.83. The number of hydrogen-bond acceptors (Lipinski definition) is 3. The lowest BCUT2D eigenvalue weighted by molar-refractivity contribution is -0.133. The van der Waals surface area contributed by atoms with Gasteiger partial charge in [0.2, 0.25) is 5.91 Å². The molecule has 82 valence electrons. The highest BCUT2D eigenvalue weighted by Crippen LogP contribution is 2.32. The molecule has 0 unspecified atom stereocenters. The van der Waals surface area contributed by atoms with Gasteiger partial charge in [0.05, 0.1) is 17.6 Å². The first-order valence-corrected chi connectivity index (χ1v) is 5.09. The highest BCUT2D eigenvalue weighted by Gasteiger charge is 2.40. The lowest BCUT2D eigenvalue weighted by Crippen LogP contribution is -2.59. The molecule has 0 radical (unpaired) electrons. The number of carbonyl (C=O) groups excluding carboxylic acids is 1. The first-order valence-electron chi connectivity index (χ1n) is 5.09. The van der Waals surface area contributed by atoms with Crippen LogP contribution in [0.2, 0.25) is 0 Å². The van der Waals surface area contributed by atoms with E-state index in [1.165, 1.54) is 0 Å². The minimum Gasteiger partial charge on any atom is -0.394 e. The van der Waals surface area contributed by atoms with Gasteiger partial charge in [0, 0.05) is 6.54 Å². The lowest BCUT2D eigenvalue weighted by Gasteiger charge is -2.42. The van der Waals surface area contributed by atoms with E-state index in [0.29, 0.717) is 6.54 Å². The number of carbonyl (C=O) groups is 1. The smallest absolute Gasteiger partial charge is 0.227 e. The minimum atomic E-state index is -0.544. The Kier molecular flexibility index (Phi) is 3.17. The normalized spacial score (nSPS) is 20.0. The second-order valence-electron chi connectivity index (χ2n) is 4.83. The Morgan fingerprint density at radius 2 is 2.14 bits per heavy atom. The van der Waals surface area contributed by atoms with Crippen molar-refractivity contribution in [2.75, 3.05) is 13.2 Å². The Bertz CT molecular complexity index is 217. The number of hydrogen-bond donors (Lipinski definition) is 3. The van der Waals surface area contributed by atoms with Gasteiger partial charge in [0.15, 0.2) is 0 Å². The summed E-state index contributed by atoms with van der Waals surface area (Å²) in [5.41, 5.74) is 4.60. The van der Waals surface area contributed by atoms with Crippen LogP contribution in [0.5, 0.6) is 0 Å². The molecular formula is C10H20N2O2. The molecule has 0 aromatic rings. The van der Waals surface area contributed by atoms with E-state index in [9.17, 15) is 9.90 Å². The molecule has 0 bridgehead atoms. The van der Waals surface area contributed by atoms with Crippen LogP contribution in [0, 0.1) is 5.41 Å². The van der Waals surface area contributed by atoms with E-state index in [4.69, 9.17) is 5.73 Å². The molecule has 0 aliphatic heterocycles. The predicted octanol–water partition coefficient (Wildman–Crippen LogP) is 0.00250. The van der Waals surface area contributed by atoms with Crippen molar-refractivity contribution in [3.63, 3.8) is 0 Å². The molecule has 1 rings (SSSR count). The van der Waals surface area contributed by atoms with Gasteiger partial charge in [0.1, 0.15) is 0 Å². The molecular weight excluding hydrogens is 180 g/mol. The lowest BCUT2D eigenvalue weighted by atomic mass is 9.76. The summed E-state index contributed by atoms with van der Waals surface area (Å²) in [7, 11) is 0. The average molecular weight is 200 g/mol. The average Bonchev–Trinajstić information content (AvgIpc) is 2.10. The molecule has 0 aromatic heterocycles. The van der Waals surface area contributed by atoms with Crippen LogP contribution in [-0.4, -0.2) is 29.7 Å². The fraction of sp³-hybridized carbons (Fsp3) is 0.900. The van der Waals surface area contributed by atoms with Gasteiger partial charge in [0.25, 0.3) is 0 Å². The maximum Gasteiger partial charge on any atom is 0.227 e. The summed E-state index contributed by atoms with van der Waals surface area (Å²) in [6, 6.07) is 0. The third kappa shape index (κ3) is 2.07. The van der Waals surface area contributed by atoms with Crippen molar-refractivity contribution in [3.8, 4) is 0 Å². The van der Waals surface area contributed by atoms with Crippen LogP contribution in [0.1, 0.15) is 33.1 Å². The Morgan fingerprint density at radius 1 is 1.57 bits per heavy atom. The number of rotatable bonds is 4. The Labute approximate surface area is 84.9 Å². The van der Waals surface area contributed by atoms with Crippen LogP contribution < -0.4 is 11.1 Å². The highest BCUT2D eigenvalue weighted by molar-refractivity contribution is 5.82. The summed E-state index contributed by atoms with van der Waals surface area (Å²) in [6.45, 7) is 3.97. The topological polar surface area (TPSA) is 75.4 Å². The molecule has 0 aromatic carbocycles. The van der Waals surface area contributed by atoms with E-state index in [1.807, 2.05) is 13.8 Å². The third-order valence-electron chi connectivity index (χ3n) is 3.12. The van der Waals surface area contributed by atoms with Crippen LogP contribution in [-0.2, 0) is 4.79 Å². The molecule has 1 amide bonds. The largest absolute Gasteiger partial charge is 0.394 e. The molecule has 0 heterocycles. The first kappa shape index (κ1) is 11.5. The van der Waals surface area contributed by atoms with Crippen molar-refractivity contribution < 1.29 is 9.90 Å². The van der Waals surface area contributed by atoms with E-state index in [-0.39, 0.29) is 18.1 Å². The molecule has 14 heavy (non-hydrogen) atoms. The monoisotopic (exact) mass is 200 g/mol. The molecule has 1 aliphatic rings. The van der Waals surface area contributed by atoms with Crippen LogP contribution >= 0.6 is 0 Å². The molecule has 0 saturated heterocycles. The SMILES string of the molecule is CC(C)(CN)C(=O)NC1(CO)CCC1. The molecule has 1 aliphatic carbocycles. The van der Waals surface area contributed by atoms with Crippen LogP contribution in [0.15, 0.2) is 0 Å². The Morgan fingerprint density at radius 3 is 2.43 bits per heavy atom. The van der Waals surface area contributed by atoms with Crippen molar-refractivity contribution in [1.29, 1.82) is 0 Å². The second kappa shape index (κ2) is 3.87. The molecule has 4 heteroatoms. The maximum atomic E-state index is 11.8. The summed E-state index contributed by atoms with van der Waals surface area (Å²) in [5.74, 6) is -0.0613. The summed E-state index contributed by atoms with van der Waals surface area (Å²) >= 11 is 0. The fourth-order valence-electron chi connectivity index (χ4n) is 1.43. The van der Waals surface area contributed by atoms with Gasteiger partial charge < -0.3 is 16.2 Å². The van der Waals surface area contributed by atoms with Gasteiger partial charge in [-0.05, 0) is 33.1 Å². The zero-order valence-electron chi connectivity index (χ0n) is 8.97. The standard InChI is InChI=1S/C10H20N2O2/c1-9(2,6-11)8(14)12-10(7-13)4-3-5-10/h13H,3-7,11H2,1-2H3,(H,12,14). The van der Waals surface area contributed by atoms with E-state index in [0.717, 1.165) is 19.3 Å². The maximum absolute atomic E-state index is 11.8. The number of aliphatic hydroxyl groups excluding tert-OH is 1. The van der Waals surface area contributed by atoms with Gasteiger partial charge in [-0.15, -0.1) is 0 Å². The summed E-state index contributed by atoms with van der Waals surface area (Å²) < 4.78 is 0. The van der Waals surface area contributed by atoms with Gasteiger partial charge in [-0.3, -0.25) is 4.79 Å². The molecule has 4 nitrogen and oxygen atoms in total. The van der Waals surface area contributed by atoms with Crippen molar-refractivity contribution >= 4 is 5.91 Å². The van der Waals surface area contributed by atoms with Crippen molar-refractivity contribution in [3.05, 3.63) is 0 Å². The summed E-state index contributed by atoms with van der Waals surface area (Å²) in [4.78, 5) is 11.8. The van der Waals surface area contributed by atoms with Gasteiger partial charge >= 0.3 is 0 Å². The van der Waals surface area contributed by atoms with E-state index in [1.54, 1.807) is 0 Å². The molecule has 0 atom stereocenters. The van der Waals surface area contributed by atoms with Crippen LogP contribution in [0.3, 0.4) is 0 Å². The molecule has 1 fully saturated rings. The molecule has 1 saturated carbocycles. The number of amides is 1. The minimum absolute atomic E-state index is 0.0272. The highest BCUT2D eigenvalue weighted by atomic mass is 16.3. The van der Waals surface area contributed by atoms with Crippen LogP contribution in [0.4, 0.5) is 0 Å². The number of nitrogens with two attached hydrogens (primary N) is 1. The Hall–Kier alpha value is -0.610. The quantitative estimate of drug-likeness (QED) is 0.598. The van der Waals surface area contributed by atoms with E-state index < -0.39 is 5.41 Å². The first-order chi connectivity index (χ1) is 6.46. The molecule has 4 N–H and O–H groups in total. The van der Waals surface area contributed by atoms with Crippen molar-refractivity contribution in [2.24, 2.45) is 11.1 Å². The molecule has 0 spiro atoms. The number of aliphatic hydroxyl groups is 1. The van der Waals surface area contributed by atoms with E-state index in [2.05, 4.69) is 5.32 Å². The summed E-state index contributed by atoms with van der Waals surface area (Å²) in [5, 5.41) is 12.1. The van der Waals surface area contributed by atoms with Gasteiger partial charge in [-0.1, -0.05) is 0 Å². The number of nitrogens with one attached hydrogen (secondary N) is 1. The van der Waals surface area contributed by atoms with Crippen LogP contribution in [0.25, 0.3) is 0 Å². The third-order valence-corrected chi connectivity index (χ3v) is 3.12. The predicted molar refractivity (Wildman–Crippen MR) is 54.6 cm³/mol. The van der Waals surface area contributed by atoms with Crippen molar-refractivity contribution in [1.82, 2.24) is 5.32 Å². The van der Waals surface area contributed by atoms with E-state index >= 15 is 0 Å². The fourth-order valence-corrected chi connectivity index (χ4v) is 1.43. The van der Waals surface area contributed by atoms with Gasteiger partial charge in [-0.25, -0.2) is 0 Å². The zero-order valence-corrected chi connectivity index (χ0v) is 8.97. The Balaban J connectivity index is 2.55. The van der Waals surface area contributed by atoms with Gasteiger partial charge in [-0.2, -0.15) is 0 Å². The summed E-state index contributed by atoms with van der Waals surface area (Å²) in [6.07, 6.45) is 2.82. The van der Waals surface area contributed by atoms with Crippen molar-refractivity contribution in [2.45, 2.75) is 38.6 Å².